The Balaban J connectivity index is 0.000000143. The van der Waals surface area contributed by atoms with E-state index in [0.29, 0.717) is 106 Å². The van der Waals surface area contributed by atoms with Gasteiger partial charge in [0.15, 0.2) is 36.8 Å². The highest BCUT2D eigenvalue weighted by Crippen LogP contribution is 2.63. The maximum atomic E-state index is 12.8. The van der Waals surface area contributed by atoms with Gasteiger partial charge in [-0.25, -0.2) is 14.7 Å². The SMILES string of the molecule is C.CC1CCC([Si](C)(C)O[Si](C)(C)CCC2CCC3OC3C2)CC1COC(=O)CCCCCN1C(=O)C=CC1=O.O=C(CCCCCN1C(=O)C=CC1=O)OCC1CCC2CC2C1.O=C(OCN1C(=O)C=CC1=O)C1C2CC(C3OC23)C1C(=O)OCN1C(=O)C=CC1=O.O=C(OCN1C(=O)C=CC1=O)C1CC2CC1C1OC21. The summed E-state index contributed by atoms with van der Waals surface area (Å²) < 4.78 is 50.5. The van der Waals surface area contributed by atoms with Gasteiger partial charge in [-0.05, 0) is 176 Å². The second-order valence-electron chi connectivity index (χ2n) is 34.2. The minimum Gasteiger partial charge on any atom is -0.465 e. The lowest BCUT2D eigenvalue weighted by atomic mass is 9.79. The molecule has 31 heteroatoms. The van der Waals surface area contributed by atoms with Crippen molar-refractivity contribution in [2.45, 2.75) is 230 Å². The molecular weight excluding hydrogens is 1480 g/mol. The largest absolute Gasteiger partial charge is 0.465 e. The van der Waals surface area contributed by atoms with E-state index in [-0.39, 0.29) is 97.7 Å². The summed E-state index contributed by atoms with van der Waals surface area (Å²) in [6, 6.07) is 1.25. The van der Waals surface area contributed by atoms with Crippen LogP contribution in [0, 0.1) is 76.9 Å². The number of carbonyl (C=O) groups is 15. The van der Waals surface area contributed by atoms with Crippen LogP contribution in [0.3, 0.4) is 0 Å². The van der Waals surface area contributed by atoms with Gasteiger partial charge in [0.05, 0.1) is 67.6 Å². The Bertz CT molecular complexity index is 3690. The van der Waals surface area contributed by atoms with Gasteiger partial charge in [0.1, 0.15) is 0 Å². The molecule has 0 N–H and O–H groups in total. The van der Waals surface area contributed by atoms with Crippen molar-refractivity contribution in [1.82, 2.24) is 24.5 Å². The fraction of sp³-hybridized carbons (Fsp3) is 0.691. The fourth-order valence-electron chi connectivity index (χ4n) is 19.3. The van der Waals surface area contributed by atoms with Gasteiger partial charge in [0, 0.05) is 104 Å². The van der Waals surface area contributed by atoms with Crippen LogP contribution in [0.5, 0.6) is 0 Å². The number of fused-ring (bicyclic) bond motifs is 12. The minimum absolute atomic E-state index is 0. The molecule has 10 amide bonds. The summed E-state index contributed by atoms with van der Waals surface area (Å²) >= 11 is 0. The average Bonchev–Trinajstić information content (AvgIpc) is 1.54. The molecule has 20 unspecified atom stereocenters. The molecule has 8 aliphatic heterocycles. The average molecular weight is 1590 g/mol. The second kappa shape index (κ2) is 35.8. The van der Waals surface area contributed by atoms with Crippen LogP contribution in [-0.4, -0.2) is 213 Å². The van der Waals surface area contributed by atoms with E-state index < -0.39 is 89.3 Å². The smallest absolute Gasteiger partial charge is 0.311 e. The zero-order chi connectivity index (χ0) is 78.7. The number of rotatable bonds is 31. The number of amides is 10. The molecule has 20 atom stereocenters. The van der Waals surface area contributed by atoms with E-state index in [1.165, 1.54) is 117 Å². The lowest BCUT2D eigenvalue weighted by Gasteiger charge is -2.44. The third-order valence-corrected chi connectivity index (χ3v) is 34.3. The van der Waals surface area contributed by atoms with Crippen molar-refractivity contribution < 1.29 is 114 Å². The lowest BCUT2D eigenvalue weighted by Crippen LogP contribution is -2.49. The first-order valence-corrected chi connectivity index (χ1v) is 46.3. The number of unbranched alkanes of at least 4 members (excludes halogenated alkanes) is 4. The van der Waals surface area contributed by atoms with E-state index >= 15 is 0 Å². The maximum absolute atomic E-state index is 12.8. The van der Waals surface area contributed by atoms with Gasteiger partial charge in [0.2, 0.25) is 0 Å². The zero-order valence-electron chi connectivity index (χ0n) is 64.1. The molecule has 3 saturated heterocycles. The monoisotopic (exact) mass is 1590 g/mol. The quantitative estimate of drug-likeness (QED) is 0.0161. The number of imide groups is 5. The molecule has 0 aromatic rings. The van der Waals surface area contributed by atoms with Gasteiger partial charge >= 0.3 is 29.8 Å². The van der Waals surface area contributed by atoms with Gasteiger partial charge in [0.25, 0.3) is 59.1 Å². The summed E-state index contributed by atoms with van der Waals surface area (Å²) in [4.78, 5) is 182. The predicted octanol–water partition coefficient (Wildman–Crippen LogP) is 7.62. The van der Waals surface area contributed by atoms with Crippen LogP contribution in [0.1, 0.15) is 156 Å². The summed E-state index contributed by atoms with van der Waals surface area (Å²) in [5.41, 5.74) is 0.616. The van der Waals surface area contributed by atoms with Crippen LogP contribution in [0.4, 0.5) is 0 Å². The summed E-state index contributed by atoms with van der Waals surface area (Å²) in [6.07, 6.45) is 35.0. The topological polar surface area (TPSA) is 365 Å². The van der Waals surface area contributed by atoms with Crippen molar-refractivity contribution in [3.63, 3.8) is 0 Å². The number of hydrogen-bond acceptors (Lipinski definition) is 24. The van der Waals surface area contributed by atoms with Gasteiger partial charge in [-0.3, -0.25) is 81.7 Å². The fourth-order valence-corrected chi connectivity index (χ4v) is 28.9. The molecule has 0 aromatic carbocycles. The molecule has 0 aromatic heterocycles. The molecule has 4 bridgehead atoms. The first-order chi connectivity index (χ1) is 53.1. The highest BCUT2D eigenvalue weighted by molar-refractivity contribution is 6.85. The van der Waals surface area contributed by atoms with Gasteiger partial charge in [-0.2, -0.15) is 0 Å². The first-order valence-electron chi connectivity index (χ1n) is 40.2. The molecular formula is C81H109N5O24Si2. The van der Waals surface area contributed by atoms with Crippen LogP contribution in [0.15, 0.2) is 60.8 Å². The van der Waals surface area contributed by atoms with E-state index in [2.05, 4.69) is 33.1 Å². The number of hydrogen-bond donors (Lipinski definition) is 0. The molecule has 29 nitrogen and oxygen atoms in total. The van der Waals surface area contributed by atoms with Crippen molar-refractivity contribution in [2.75, 3.05) is 46.5 Å². The van der Waals surface area contributed by atoms with E-state index in [9.17, 15) is 71.9 Å². The van der Waals surface area contributed by atoms with Crippen LogP contribution >= 0.6 is 0 Å². The molecule has 16 aliphatic rings. The Morgan fingerprint density at radius 1 is 0.411 bits per heavy atom. The highest BCUT2D eigenvalue weighted by atomic mass is 28.4. The molecule has 16 rings (SSSR count). The van der Waals surface area contributed by atoms with Gasteiger partial charge < -0.3 is 42.0 Å². The van der Waals surface area contributed by atoms with Crippen molar-refractivity contribution >= 4 is 106 Å². The number of carbonyl (C=O) groups excluding carboxylic acids is 15. The Labute approximate surface area is 655 Å². The van der Waals surface area contributed by atoms with E-state index in [4.69, 9.17) is 42.0 Å². The third kappa shape index (κ3) is 20.2. The standard InChI is InChI=1S/C30H51NO6Si2.C19H16N2O9.C18H25NO4.C13H13NO5.CH4/c1-22-10-12-25(39(4,5)37-38(2,3)18-16-23-11-13-26-27(19-23)36-26)20-24(22)21-35-30(34)9-7-6-8-17-31-28(32)14-15-29(31)33;22-10-1-2-11(23)20(10)6-28-18(26)14-8-5-9(17-16(8)30-17)15(14)19(27)29-7-21-12(24)3-4-13(21)25;20-16-7-8-17(21)19(16)9-3-1-2-4-18(22)23-12-13-5-6-14-11-15(14)10-13;15-9-1-2-10(16)14(9)5-18-13(17)8-4-6-3-7(8)12-11(6)19-12;/h14-15,22-27H,6-13,16-21H2,1-5H3;1-4,8-9,14-17H,5-7H2;7-8,13-15H,1-6,9-12H2;1-2,6-8,11-12H,3-5H2;1H4. The molecule has 8 saturated carbocycles. The summed E-state index contributed by atoms with van der Waals surface area (Å²) in [5, 5.41) is 0. The maximum Gasteiger partial charge on any atom is 0.311 e. The number of esters is 5. The van der Waals surface area contributed by atoms with Crippen LogP contribution in [-0.2, 0) is 114 Å². The Morgan fingerprint density at radius 3 is 1.36 bits per heavy atom. The van der Waals surface area contributed by atoms with Crippen LogP contribution < -0.4 is 0 Å². The number of epoxide rings is 3. The van der Waals surface area contributed by atoms with Crippen molar-refractivity contribution in [3.05, 3.63) is 60.8 Å². The molecule has 610 valence electrons. The Kier molecular flexibility index (Phi) is 26.7. The van der Waals surface area contributed by atoms with Crippen LogP contribution in [0.25, 0.3) is 0 Å². The predicted molar refractivity (Wildman–Crippen MR) is 399 cm³/mol. The molecule has 11 fully saturated rings. The first kappa shape index (κ1) is 83.5. The second-order valence-corrected chi connectivity index (χ2v) is 43.1. The number of ether oxygens (including phenoxy) is 8. The lowest BCUT2D eigenvalue weighted by molar-refractivity contribution is -0.171. The molecule has 0 spiro atoms. The molecule has 8 aliphatic carbocycles. The van der Waals surface area contributed by atoms with E-state index in [1.54, 1.807) is 0 Å². The number of nitrogens with zero attached hydrogens (tertiary/aromatic N) is 5. The minimum atomic E-state index is -1.87. The third-order valence-electron chi connectivity index (χ3n) is 26.0. The normalized spacial score (nSPS) is 33.3. The Morgan fingerprint density at radius 2 is 0.875 bits per heavy atom. The van der Waals surface area contributed by atoms with Crippen LogP contribution in [0.2, 0.25) is 37.8 Å². The van der Waals surface area contributed by atoms with Gasteiger partial charge in [-0.1, -0.05) is 46.5 Å². The summed E-state index contributed by atoms with van der Waals surface area (Å²) in [6.45, 7) is 12.6. The Hall–Kier alpha value is -7.98. The van der Waals surface area contributed by atoms with Crippen molar-refractivity contribution in [1.29, 1.82) is 0 Å². The molecule has 0 radical (unpaired) electrons. The van der Waals surface area contributed by atoms with Crippen molar-refractivity contribution in [3.8, 4) is 0 Å². The zero-order valence-corrected chi connectivity index (χ0v) is 66.1. The van der Waals surface area contributed by atoms with E-state index in [1.807, 2.05) is 0 Å². The summed E-state index contributed by atoms with van der Waals surface area (Å²) in [7, 11) is -3.61. The van der Waals surface area contributed by atoms with Crippen molar-refractivity contribution in [2.24, 2.45) is 76.9 Å². The molecule has 8 heterocycles. The van der Waals surface area contributed by atoms with Gasteiger partial charge in [-0.15, -0.1) is 0 Å². The van der Waals surface area contributed by atoms with E-state index in [0.717, 1.165) is 102 Å². The molecule has 112 heavy (non-hydrogen) atoms. The highest BCUT2D eigenvalue weighted by Gasteiger charge is 2.71. The summed E-state index contributed by atoms with van der Waals surface area (Å²) in [5.74, 6) is -3.46.